The molecule has 3 heteroatoms. The lowest BCUT2D eigenvalue weighted by Crippen LogP contribution is -2.01. The molecule has 8 aromatic carbocycles. The van der Waals surface area contributed by atoms with Gasteiger partial charge in [0, 0.05) is 61.3 Å². The Labute approximate surface area is 313 Å². The Kier molecular flexibility index (Phi) is 4.67. The molecule has 0 aliphatic heterocycles. The van der Waals surface area contributed by atoms with E-state index in [1.54, 1.807) is 0 Å². The van der Waals surface area contributed by atoms with Crippen molar-refractivity contribution in [1.82, 2.24) is 13.7 Å². The van der Waals surface area contributed by atoms with Crippen molar-refractivity contribution in [1.29, 1.82) is 0 Å². The summed E-state index contributed by atoms with van der Waals surface area (Å²) in [5.41, 5.74) is 7.73. The Morgan fingerprint density at radius 2 is 0.808 bits per heavy atom. The van der Waals surface area contributed by atoms with Gasteiger partial charge in [-0.05, 0) is 77.4 Å². The summed E-state index contributed by atoms with van der Waals surface area (Å²) in [5, 5.41) is 6.47. The maximum Gasteiger partial charge on any atom is 0.0629 e. The van der Waals surface area contributed by atoms with Gasteiger partial charge in [-0.1, -0.05) is 127 Å². The van der Waals surface area contributed by atoms with Gasteiger partial charge < -0.3 is 13.7 Å². The van der Waals surface area contributed by atoms with Crippen LogP contribution in [0.25, 0.3) is 87.9 Å². The van der Waals surface area contributed by atoms with Gasteiger partial charge in [0.1, 0.15) is 0 Å². The zero-order valence-corrected chi connectivity index (χ0v) is 27.8. The van der Waals surface area contributed by atoms with Gasteiger partial charge in [-0.3, -0.25) is 0 Å². The highest BCUT2D eigenvalue weighted by Crippen LogP contribution is 2.39. The van der Waals surface area contributed by atoms with Crippen LogP contribution < -0.4 is 0 Å². The molecular weight excluding hydrogens is 631 g/mol. The molecule has 0 bridgehead atoms. The van der Waals surface area contributed by atoms with E-state index in [4.69, 9.17) is 12.3 Å². The van der Waals surface area contributed by atoms with E-state index in [0.717, 1.165) is 66.0 Å². The van der Waals surface area contributed by atoms with Gasteiger partial charge in [0.25, 0.3) is 0 Å². The first kappa shape index (κ1) is 21.4. The molecule has 52 heavy (non-hydrogen) atoms. The Morgan fingerprint density at radius 1 is 0.385 bits per heavy atom. The van der Waals surface area contributed by atoms with Crippen LogP contribution in [0.3, 0.4) is 0 Å². The molecule has 0 radical (unpaired) electrons. The maximum absolute atomic E-state index is 9.09. The van der Waals surface area contributed by atoms with Crippen LogP contribution in [0, 0.1) is 0 Å². The Hall–Kier alpha value is -6.84. The maximum atomic E-state index is 9.09. The van der Waals surface area contributed by atoms with Crippen molar-refractivity contribution < 1.29 is 12.3 Å². The molecule has 0 aliphatic carbocycles. The quantitative estimate of drug-likeness (QED) is 0.173. The van der Waals surface area contributed by atoms with E-state index in [2.05, 4.69) is 106 Å². The third-order valence-electron chi connectivity index (χ3n) is 10.3. The van der Waals surface area contributed by atoms with Gasteiger partial charge in [-0.2, -0.15) is 0 Å². The molecule has 11 rings (SSSR count). The number of aromatic nitrogens is 3. The predicted molar refractivity (Wildman–Crippen MR) is 219 cm³/mol. The number of para-hydroxylation sites is 4. The van der Waals surface area contributed by atoms with Crippen molar-refractivity contribution in [3.05, 3.63) is 193 Å². The standard InChI is InChI=1S/C49H33N3/c1-2-14-33(15-3-1)37-17-5-4-16-34(37)32-50-44-22-10-6-20-40(44)42-30-35(26-28-45(42)50)52-48-25-13-9-21-41(48)43-31-36(27-29-49(43)52)51-46-23-11-7-18-38(46)39-19-8-12-24-47(39)51/h1-31H,32H2/i1D,2D,3D,4D,5D,14D,15D,16D,17D. The van der Waals surface area contributed by atoms with E-state index in [1.165, 1.54) is 10.8 Å². The van der Waals surface area contributed by atoms with Crippen molar-refractivity contribution in [2.75, 3.05) is 0 Å². The molecule has 11 aromatic rings. The molecule has 0 N–H and O–H groups in total. The minimum atomic E-state index is -0.578. The molecule has 3 heterocycles. The SMILES string of the molecule is [2H]c1c([2H])c([2H])c(-c2c([2H])c([2H])c([2H])c([2H])c2Cn2c3ccccc3c3cc(-n4c5ccccc5c5cc(-n6c7ccccc7c7ccccc76)ccc54)ccc32)c([2H])c1[2H]. The second-order valence-electron chi connectivity index (χ2n) is 13.1. The first-order chi connectivity index (χ1) is 29.5. The lowest BCUT2D eigenvalue weighted by atomic mass is 9.99. The average Bonchev–Trinajstić information content (AvgIpc) is 3.92. The van der Waals surface area contributed by atoms with Crippen molar-refractivity contribution in [2.24, 2.45) is 0 Å². The first-order valence-corrected chi connectivity index (χ1v) is 17.2. The fourth-order valence-corrected chi connectivity index (χ4v) is 8.13. The monoisotopic (exact) mass is 672 g/mol. The number of hydrogen-bond acceptors (Lipinski definition) is 0. The summed E-state index contributed by atoms with van der Waals surface area (Å²) < 4.78 is 84.2. The van der Waals surface area contributed by atoms with Crippen LogP contribution in [-0.2, 0) is 6.54 Å². The number of nitrogens with zero attached hydrogens (tertiary/aromatic N) is 3. The van der Waals surface area contributed by atoms with Crippen molar-refractivity contribution in [2.45, 2.75) is 6.54 Å². The van der Waals surface area contributed by atoms with E-state index in [-0.39, 0.29) is 29.3 Å². The minimum Gasteiger partial charge on any atom is -0.336 e. The molecule has 3 aromatic heterocycles. The highest BCUT2D eigenvalue weighted by atomic mass is 15.0. The van der Waals surface area contributed by atoms with E-state index in [0.29, 0.717) is 0 Å². The molecule has 0 aliphatic rings. The Bertz CT molecular complexity index is 3610. The fourth-order valence-electron chi connectivity index (χ4n) is 8.13. The fraction of sp³-hybridized carbons (Fsp3) is 0.0204. The van der Waals surface area contributed by atoms with Crippen LogP contribution in [0.4, 0.5) is 0 Å². The second kappa shape index (κ2) is 11.3. The summed E-state index contributed by atoms with van der Waals surface area (Å²) in [5.74, 6) is 0. The second-order valence-corrected chi connectivity index (χ2v) is 13.1. The molecule has 0 atom stereocenters. The van der Waals surface area contributed by atoms with Crippen LogP contribution in [0.2, 0.25) is 0 Å². The van der Waals surface area contributed by atoms with Crippen molar-refractivity contribution in [3.63, 3.8) is 0 Å². The summed E-state index contributed by atoms with van der Waals surface area (Å²) >= 11 is 0. The number of benzene rings is 8. The lowest BCUT2D eigenvalue weighted by molar-refractivity contribution is 0.870. The summed E-state index contributed by atoms with van der Waals surface area (Å²) in [4.78, 5) is 0. The Morgan fingerprint density at radius 3 is 1.42 bits per heavy atom. The zero-order chi connectivity index (χ0) is 42.0. The largest absolute Gasteiger partial charge is 0.336 e. The number of hydrogen-bond donors (Lipinski definition) is 0. The third kappa shape index (κ3) is 4.26. The normalized spacial score (nSPS) is 14.3. The van der Waals surface area contributed by atoms with Gasteiger partial charge in [0.05, 0.1) is 34.4 Å². The van der Waals surface area contributed by atoms with Gasteiger partial charge in [-0.25, -0.2) is 0 Å². The molecule has 0 saturated heterocycles. The predicted octanol–water partition coefficient (Wildman–Crippen LogP) is 12.7. The van der Waals surface area contributed by atoms with Gasteiger partial charge in [0.2, 0.25) is 0 Å². The number of rotatable bonds is 5. The summed E-state index contributed by atoms with van der Waals surface area (Å²) in [7, 11) is 0. The highest BCUT2D eigenvalue weighted by Gasteiger charge is 2.18. The molecular formula is C49H33N3. The van der Waals surface area contributed by atoms with Crippen LogP contribution in [-0.4, -0.2) is 13.7 Å². The van der Waals surface area contributed by atoms with Crippen LogP contribution in [0.5, 0.6) is 0 Å². The summed E-state index contributed by atoms with van der Waals surface area (Å²) in [6.45, 7) is -0.0569. The molecule has 0 fully saturated rings. The van der Waals surface area contributed by atoms with E-state index >= 15 is 0 Å². The molecule has 0 saturated carbocycles. The minimum absolute atomic E-state index is 0.0569. The summed E-state index contributed by atoms with van der Waals surface area (Å²) in [6.07, 6.45) is 0. The smallest absolute Gasteiger partial charge is 0.0629 e. The zero-order valence-electron chi connectivity index (χ0n) is 36.8. The molecule has 3 nitrogen and oxygen atoms in total. The molecule has 0 spiro atoms. The van der Waals surface area contributed by atoms with Crippen molar-refractivity contribution >= 4 is 65.4 Å². The lowest BCUT2D eigenvalue weighted by Gasteiger charge is -2.14. The topological polar surface area (TPSA) is 14.8 Å². The van der Waals surface area contributed by atoms with E-state index in [1.807, 2.05) is 41.0 Å². The van der Waals surface area contributed by atoms with E-state index in [9.17, 15) is 0 Å². The van der Waals surface area contributed by atoms with Gasteiger partial charge in [0.15, 0.2) is 0 Å². The van der Waals surface area contributed by atoms with E-state index < -0.39 is 48.3 Å². The van der Waals surface area contributed by atoms with Crippen LogP contribution in [0.1, 0.15) is 17.9 Å². The molecule has 0 unspecified atom stereocenters. The van der Waals surface area contributed by atoms with Crippen LogP contribution >= 0.6 is 0 Å². The third-order valence-corrected chi connectivity index (χ3v) is 10.3. The first-order valence-electron chi connectivity index (χ1n) is 21.7. The van der Waals surface area contributed by atoms with Gasteiger partial charge >= 0.3 is 0 Å². The molecule has 0 amide bonds. The van der Waals surface area contributed by atoms with Crippen molar-refractivity contribution in [3.8, 4) is 22.5 Å². The summed E-state index contributed by atoms with van der Waals surface area (Å²) in [6, 6.07) is 41.5. The van der Waals surface area contributed by atoms with Crippen LogP contribution in [0.15, 0.2) is 188 Å². The Balaban J connectivity index is 1.11. The average molecular weight is 673 g/mol. The highest BCUT2D eigenvalue weighted by molar-refractivity contribution is 6.13. The van der Waals surface area contributed by atoms with Gasteiger partial charge in [-0.15, -0.1) is 0 Å². The molecule has 244 valence electrons. The number of fused-ring (bicyclic) bond motifs is 9.